The van der Waals surface area contributed by atoms with E-state index in [1.165, 1.54) is 25.6 Å². The molecular formula is C19H20N2O4S. The third-order valence-corrected chi connectivity index (χ3v) is 5.00. The standard InChI is InChI=1S/C19H20N2O4S/c1-23-12-11-21-14-8-4-5-10-16(14)26-19(21)20-18(22)13-7-6-9-15(24-2)17(13)25-3/h4-10H,11-12H2,1-3H3. The van der Waals surface area contributed by atoms with Gasteiger partial charge in [0.25, 0.3) is 5.91 Å². The summed E-state index contributed by atoms with van der Waals surface area (Å²) < 4.78 is 18.9. The fourth-order valence-electron chi connectivity index (χ4n) is 2.71. The molecule has 136 valence electrons. The molecule has 3 rings (SSSR count). The Morgan fingerprint density at radius 3 is 2.62 bits per heavy atom. The second kappa shape index (κ2) is 8.16. The lowest BCUT2D eigenvalue weighted by Gasteiger charge is -2.10. The second-order valence-electron chi connectivity index (χ2n) is 5.45. The summed E-state index contributed by atoms with van der Waals surface area (Å²) in [6.07, 6.45) is 0. The van der Waals surface area contributed by atoms with E-state index in [4.69, 9.17) is 14.2 Å². The maximum atomic E-state index is 12.8. The number of hydrogen-bond donors (Lipinski definition) is 0. The average Bonchev–Trinajstić information content (AvgIpc) is 3.02. The first-order chi connectivity index (χ1) is 12.7. The first kappa shape index (κ1) is 18.2. The summed E-state index contributed by atoms with van der Waals surface area (Å²) in [5.74, 6) is 0.504. The lowest BCUT2D eigenvalue weighted by Crippen LogP contribution is -2.19. The number of fused-ring (bicyclic) bond motifs is 1. The average molecular weight is 372 g/mol. The molecule has 0 bridgehead atoms. The summed E-state index contributed by atoms with van der Waals surface area (Å²) in [6, 6.07) is 13.1. The van der Waals surface area contributed by atoms with Crippen LogP contribution in [0.4, 0.5) is 0 Å². The highest BCUT2D eigenvalue weighted by Crippen LogP contribution is 2.31. The van der Waals surface area contributed by atoms with Crippen molar-refractivity contribution in [1.29, 1.82) is 0 Å². The molecule has 0 aliphatic heterocycles. The Morgan fingerprint density at radius 2 is 1.88 bits per heavy atom. The zero-order valence-electron chi connectivity index (χ0n) is 14.9. The molecule has 26 heavy (non-hydrogen) atoms. The minimum atomic E-state index is -0.376. The van der Waals surface area contributed by atoms with Crippen LogP contribution in [0.5, 0.6) is 11.5 Å². The van der Waals surface area contributed by atoms with Crippen molar-refractivity contribution >= 4 is 27.5 Å². The number of methoxy groups -OCH3 is 3. The van der Waals surface area contributed by atoms with Gasteiger partial charge in [-0.3, -0.25) is 4.79 Å². The van der Waals surface area contributed by atoms with E-state index in [0.717, 1.165) is 10.2 Å². The van der Waals surface area contributed by atoms with Gasteiger partial charge in [0.05, 0.1) is 36.6 Å². The Morgan fingerprint density at radius 1 is 1.08 bits per heavy atom. The van der Waals surface area contributed by atoms with E-state index in [0.29, 0.717) is 35.0 Å². The van der Waals surface area contributed by atoms with Crippen molar-refractivity contribution in [1.82, 2.24) is 4.57 Å². The van der Waals surface area contributed by atoms with Crippen LogP contribution in [0.25, 0.3) is 10.2 Å². The van der Waals surface area contributed by atoms with Crippen molar-refractivity contribution in [3.05, 3.63) is 52.8 Å². The highest BCUT2D eigenvalue weighted by atomic mass is 32.1. The third kappa shape index (κ3) is 3.49. The molecule has 0 saturated heterocycles. The van der Waals surface area contributed by atoms with Gasteiger partial charge in [0.2, 0.25) is 0 Å². The molecule has 0 spiro atoms. The molecule has 6 nitrogen and oxygen atoms in total. The number of carbonyl (C=O) groups is 1. The zero-order valence-corrected chi connectivity index (χ0v) is 15.7. The van der Waals surface area contributed by atoms with Crippen LogP contribution in [0.2, 0.25) is 0 Å². The van der Waals surface area contributed by atoms with Gasteiger partial charge in [0.15, 0.2) is 16.3 Å². The lowest BCUT2D eigenvalue weighted by atomic mass is 10.2. The van der Waals surface area contributed by atoms with E-state index in [-0.39, 0.29) is 5.91 Å². The molecule has 3 aromatic rings. The number of aromatic nitrogens is 1. The molecule has 1 heterocycles. The highest BCUT2D eigenvalue weighted by molar-refractivity contribution is 7.16. The summed E-state index contributed by atoms with van der Waals surface area (Å²) in [6.45, 7) is 1.15. The normalized spacial score (nSPS) is 11.7. The van der Waals surface area contributed by atoms with Gasteiger partial charge in [-0.05, 0) is 24.3 Å². The van der Waals surface area contributed by atoms with Crippen molar-refractivity contribution in [2.45, 2.75) is 6.54 Å². The van der Waals surface area contributed by atoms with E-state index in [1.807, 2.05) is 28.8 Å². The number of hydrogen-bond acceptors (Lipinski definition) is 5. The van der Waals surface area contributed by atoms with Crippen molar-refractivity contribution < 1.29 is 19.0 Å². The van der Waals surface area contributed by atoms with Crippen LogP contribution in [-0.4, -0.2) is 38.4 Å². The van der Waals surface area contributed by atoms with Crippen molar-refractivity contribution in [3.8, 4) is 11.5 Å². The molecule has 1 amide bonds. The quantitative estimate of drug-likeness (QED) is 0.667. The number of ether oxygens (including phenoxy) is 3. The summed E-state index contributed by atoms with van der Waals surface area (Å²) in [5.41, 5.74) is 1.39. The van der Waals surface area contributed by atoms with Crippen LogP contribution < -0.4 is 14.3 Å². The van der Waals surface area contributed by atoms with E-state index in [2.05, 4.69) is 4.99 Å². The molecule has 0 N–H and O–H groups in total. The molecule has 0 atom stereocenters. The van der Waals surface area contributed by atoms with Crippen LogP contribution in [-0.2, 0) is 11.3 Å². The molecule has 1 aromatic heterocycles. The topological polar surface area (TPSA) is 62.1 Å². The Kier molecular flexibility index (Phi) is 5.70. The minimum Gasteiger partial charge on any atom is -0.493 e. The van der Waals surface area contributed by atoms with Crippen LogP contribution >= 0.6 is 11.3 Å². The largest absolute Gasteiger partial charge is 0.493 e. The van der Waals surface area contributed by atoms with E-state index in [9.17, 15) is 4.79 Å². The van der Waals surface area contributed by atoms with Crippen LogP contribution in [0.3, 0.4) is 0 Å². The maximum absolute atomic E-state index is 12.8. The smallest absolute Gasteiger partial charge is 0.283 e. The van der Waals surface area contributed by atoms with Gasteiger partial charge in [-0.25, -0.2) is 0 Å². The zero-order chi connectivity index (χ0) is 18.5. The van der Waals surface area contributed by atoms with Crippen LogP contribution in [0.15, 0.2) is 47.5 Å². The number of nitrogens with zero attached hydrogens (tertiary/aromatic N) is 2. The fraction of sp³-hybridized carbons (Fsp3) is 0.263. The lowest BCUT2D eigenvalue weighted by molar-refractivity contribution is 0.0993. The van der Waals surface area contributed by atoms with E-state index in [1.54, 1.807) is 25.3 Å². The van der Waals surface area contributed by atoms with Crippen molar-refractivity contribution in [2.24, 2.45) is 4.99 Å². The fourth-order valence-corrected chi connectivity index (χ4v) is 3.76. The van der Waals surface area contributed by atoms with Gasteiger partial charge in [-0.2, -0.15) is 4.99 Å². The third-order valence-electron chi connectivity index (χ3n) is 3.94. The Balaban J connectivity index is 2.11. The van der Waals surface area contributed by atoms with Gasteiger partial charge < -0.3 is 18.8 Å². The molecule has 7 heteroatoms. The summed E-state index contributed by atoms with van der Waals surface area (Å²) >= 11 is 1.47. The monoisotopic (exact) mass is 372 g/mol. The number of para-hydroxylation sites is 2. The Labute approximate surface area is 155 Å². The van der Waals surface area contributed by atoms with Gasteiger partial charge in [-0.1, -0.05) is 29.5 Å². The first-order valence-electron chi connectivity index (χ1n) is 8.07. The Bertz CT molecular complexity index is 991. The molecule has 0 saturated carbocycles. The van der Waals surface area contributed by atoms with E-state index < -0.39 is 0 Å². The highest BCUT2D eigenvalue weighted by Gasteiger charge is 2.16. The predicted octanol–water partition coefficient (Wildman–Crippen LogP) is 3.11. The number of carbonyl (C=O) groups excluding carboxylic acids is 1. The first-order valence-corrected chi connectivity index (χ1v) is 8.88. The van der Waals surface area contributed by atoms with Crippen LogP contribution in [0.1, 0.15) is 10.4 Å². The number of rotatable bonds is 6. The minimum absolute atomic E-state index is 0.364. The SMILES string of the molecule is COCCn1c(=NC(=O)c2cccc(OC)c2OC)sc2ccccc21. The number of amides is 1. The Hall–Kier alpha value is -2.64. The number of thiazole rings is 1. The molecule has 0 unspecified atom stereocenters. The van der Waals surface area contributed by atoms with Gasteiger partial charge in [0, 0.05) is 13.7 Å². The second-order valence-corrected chi connectivity index (χ2v) is 6.46. The maximum Gasteiger partial charge on any atom is 0.283 e. The van der Waals surface area contributed by atoms with Crippen molar-refractivity contribution in [2.75, 3.05) is 27.9 Å². The predicted molar refractivity (Wildman–Crippen MR) is 101 cm³/mol. The molecular weight excluding hydrogens is 352 g/mol. The molecule has 2 aromatic carbocycles. The summed E-state index contributed by atoms with van der Waals surface area (Å²) in [4.78, 5) is 17.8. The summed E-state index contributed by atoms with van der Waals surface area (Å²) in [5, 5.41) is 0. The van der Waals surface area contributed by atoms with Gasteiger partial charge in [-0.15, -0.1) is 0 Å². The van der Waals surface area contributed by atoms with Crippen LogP contribution in [0, 0.1) is 0 Å². The molecule has 0 radical (unpaired) electrons. The molecule has 0 aliphatic carbocycles. The summed E-state index contributed by atoms with van der Waals surface area (Å²) in [7, 11) is 4.69. The van der Waals surface area contributed by atoms with Gasteiger partial charge in [0.1, 0.15) is 0 Å². The number of benzene rings is 2. The van der Waals surface area contributed by atoms with E-state index >= 15 is 0 Å². The van der Waals surface area contributed by atoms with Gasteiger partial charge >= 0.3 is 0 Å². The molecule has 0 aliphatic rings. The molecule has 0 fully saturated rings. The van der Waals surface area contributed by atoms with Crippen molar-refractivity contribution in [3.63, 3.8) is 0 Å².